The van der Waals surface area contributed by atoms with Crippen LogP contribution in [0, 0.1) is 0 Å². The van der Waals surface area contributed by atoms with Crippen LogP contribution < -0.4 is 5.56 Å². The standard InChI is InChI=1S/C27H25N5O4/c1-2-3-12-22-28-25(33)24(27(34)32(22)20-14-13-16-8-4-5-9-17(16)20)26-30-29-23(35-26)15-19-18-10-6-7-11-21(18)36-31-19/h4-11,20,33H,2-3,12-15H2,1H3. The highest BCUT2D eigenvalue weighted by molar-refractivity contribution is 5.79. The van der Waals surface area contributed by atoms with Crippen LogP contribution in [0.1, 0.15) is 60.8 Å². The molecule has 1 N–H and O–H groups in total. The highest BCUT2D eigenvalue weighted by Crippen LogP contribution is 2.35. The quantitative estimate of drug-likeness (QED) is 0.356. The van der Waals surface area contributed by atoms with Crippen LogP contribution in [-0.2, 0) is 19.3 Å². The molecule has 36 heavy (non-hydrogen) atoms. The van der Waals surface area contributed by atoms with Crippen LogP contribution in [0.25, 0.3) is 22.4 Å². The molecule has 1 aliphatic carbocycles. The van der Waals surface area contributed by atoms with Crippen LogP contribution in [0.5, 0.6) is 5.88 Å². The van der Waals surface area contributed by atoms with E-state index in [4.69, 9.17) is 8.94 Å². The lowest BCUT2D eigenvalue weighted by atomic mass is 10.1. The van der Waals surface area contributed by atoms with E-state index >= 15 is 0 Å². The largest absolute Gasteiger partial charge is 0.493 e. The molecule has 9 heteroatoms. The van der Waals surface area contributed by atoms with Crippen molar-refractivity contribution in [1.82, 2.24) is 24.9 Å². The van der Waals surface area contributed by atoms with Crippen LogP contribution in [0.2, 0.25) is 0 Å². The van der Waals surface area contributed by atoms with Gasteiger partial charge < -0.3 is 14.0 Å². The zero-order valence-corrected chi connectivity index (χ0v) is 19.8. The molecule has 5 aromatic rings. The van der Waals surface area contributed by atoms with Crippen molar-refractivity contribution in [2.75, 3.05) is 0 Å². The lowest BCUT2D eigenvalue weighted by Gasteiger charge is -2.20. The number of hydrogen-bond donors (Lipinski definition) is 1. The van der Waals surface area contributed by atoms with Gasteiger partial charge >= 0.3 is 0 Å². The van der Waals surface area contributed by atoms with Crippen LogP contribution >= 0.6 is 0 Å². The first kappa shape index (κ1) is 22.2. The second-order valence-electron chi connectivity index (χ2n) is 9.06. The molecule has 9 nitrogen and oxygen atoms in total. The van der Waals surface area contributed by atoms with E-state index in [0.29, 0.717) is 23.5 Å². The fourth-order valence-corrected chi connectivity index (χ4v) is 5.02. The van der Waals surface area contributed by atoms with Crippen molar-refractivity contribution in [3.05, 3.63) is 87.4 Å². The molecule has 0 amide bonds. The zero-order chi connectivity index (χ0) is 24.6. The van der Waals surface area contributed by atoms with Crippen LogP contribution in [-0.4, -0.2) is 30.0 Å². The monoisotopic (exact) mass is 483 g/mol. The normalized spacial score (nSPS) is 15.0. The number of nitrogens with zero attached hydrogens (tertiary/aromatic N) is 5. The fourth-order valence-electron chi connectivity index (χ4n) is 5.02. The van der Waals surface area contributed by atoms with Crippen molar-refractivity contribution in [2.24, 2.45) is 0 Å². The molecule has 0 saturated carbocycles. The summed E-state index contributed by atoms with van der Waals surface area (Å²) in [6, 6.07) is 15.5. The molecule has 3 aromatic heterocycles. The molecular weight excluding hydrogens is 458 g/mol. The molecule has 2 aromatic carbocycles. The van der Waals surface area contributed by atoms with E-state index in [1.807, 2.05) is 36.4 Å². The number of aryl methyl sites for hydroxylation is 2. The lowest BCUT2D eigenvalue weighted by molar-refractivity contribution is 0.425. The van der Waals surface area contributed by atoms with Gasteiger partial charge in [0, 0.05) is 11.8 Å². The molecule has 1 unspecified atom stereocenters. The predicted octanol–water partition coefficient (Wildman–Crippen LogP) is 4.61. The Kier molecular flexibility index (Phi) is 5.59. The number of hydrogen-bond acceptors (Lipinski definition) is 8. The summed E-state index contributed by atoms with van der Waals surface area (Å²) >= 11 is 0. The number of aromatic nitrogens is 5. The SMILES string of the molecule is CCCCc1nc(O)c(-c2nnc(Cc3noc4ccccc34)o2)c(=O)n1C1CCc2ccccc21. The van der Waals surface area contributed by atoms with Gasteiger partial charge in [-0.05, 0) is 42.5 Å². The first-order valence-corrected chi connectivity index (χ1v) is 12.2. The van der Waals surface area contributed by atoms with E-state index in [1.54, 1.807) is 4.57 Å². The lowest BCUT2D eigenvalue weighted by Crippen LogP contribution is -2.30. The summed E-state index contributed by atoms with van der Waals surface area (Å²) in [5, 5.41) is 24.0. The maximum absolute atomic E-state index is 13.9. The number of para-hydroxylation sites is 1. The number of fused-ring (bicyclic) bond motifs is 2. The molecular formula is C27H25N5O4. The third kappa shape index (κ3) is 3.77. The van der Waals surface area contributed by atoms with Gasteiger partial charge in [-0.25, -0.2) is 0 Å². The molecule has 0 spiro atoms. The maximum Gasteiger partial charge on any atom is 0.270 e. The van der Waals surface area contributed by atoms with E-state index in [-0.39, 0.29) is 35.4 Å². The second-order valence-corrected chi connectivity index (χ2v) is 9.06. The van der Waals surface area contributed by atoms with Crippen molar-refractivity contribution in [1.29, 1.82) is 0 Å². The third-order valence-corrected chi connectivity index (χ3v) is 6.79. The first-order chi connectivity index (χ1) is 17.6. The average Bonchev–Trinajstić information content (AvgIpc) is 3.62. The molecule has 0 fully saturated rings. The van der Waals surface area contributed by atoms with Crippen LogP contribution in [0.15, 0.2) is 62.3 Å². The van der Waals surface area contributed by atoms with Crippen molar-refractivity contribution in [3.8, 4) is 17.3 Å². The van der Waals surface area contributed by atoms with Gasteiger partial charge in [0.1, 0.15) is 11.5 Å². The van der Waals surface area contributed by atoms with Gasteiger partial charge in [0.05, 0.1) is 12.5 Å². The Balaban J connectivity index is 1.41. The number of aromatic hydroxyl groups is 1. The summed E-state index contributed by atoms with van der Waals surface area (Å²) in [5.41, 5.74) is 3.19. The third-order valence-electron chi connectivity index (χ3n) is 6.79. The van der Waals surface area contributed by atoms with Crippen molar-refractivity contribution < 1.29 is 14.0 Å². The Morgan fingerprint density at radius 2 is 1.94 bits per heavy atom. The molecule has 3 heterocycles. The predicted molar refractivity (Wildman–Crippen MR) is 132 cm³/mol. The first-order valence-electron chi connectivity index (χ1n) is 12.2. The van der Waals surface area contributed by atoms with Gasteiger partial charge in [-0.1, -0.05) is 54.9 Å². The minimum atomic E-state index is -0.393. The van der Waals surface area contributed by atoms with E-state index in [2.05, 4.69) is 39.4 Å². The van der Waals surface area contributed by atoms with Crippen molar-refractivity contribution >= 4 is 11.0 Å². The Morgan fingerprint density at radius 1 is 1.11 bits per heavy atom. The van der Waals surface area contributed by atoms with Gasteiger partial charge in [-0.3, -0.25) is 9.36 Å². The van der Waals surface area contributed by atoms with E-state index in [1.165, 1.54) is 5.56 Å². The highest BCUT2D eigenvalue weighted by Gasteiger charge is 2.30. The van der Waals surface area contributed by atoms with Gasteiger partial charge in [0.2, 0.25) is 11.8 Å². The number of unbranched alkanes of at least 4 members (excludes halogenated alkanes) is 1. The second kappa shape index (κ2) is 9.07. The topological polar surface area (TPSA) is 120 Å². The van der Waals surface area contributed by atoms with E-state index in [0.717, 1.165) is 36.6 Å². The Hall–Kier alpha value is -4.27. The molecule has 0 radical (unpaired) electrons. The van der Waals surface area contributed by atoms with Gasteiger partial charge in [-0.2, -0.15) is 4.98 Å². The van der Waals surface area contributed by atoms with E-state index in [9.17, 15) is 9.90 Å². The molecule has 6 rings (SSSR count). The Bertz CT molecular complexity index is 1620. The summed E-state index contributed by atoms with van der Waals surface area (Å²) < 4.78 is 12.9. The summed E-state index contributed by atoms with van der Waals surface area (Å²) in [4.78, 5) is 18.3. The molecule has 0 saturated heterocycles. The molecule has 1 aliphatic rings. The molecule has 0 bridgehead atoms. The Labute approximate surface area is 206 Å². The van der Waals surface area contributed by atoms with Gasteiger partial charge in [0.25, 0.3) is 11.4 Å². The Morgan fingerprint density at radius 3 is 2.83 bits per heavy atom. The van der Waals surface area contributed by atoms with Crippen molar-refractivity contribution in [2.45, 2.75) is 51.5 Å². The maximum atomic E-state index is 13.9. The minimum Gasteiger partial charge on any atom is -0.493 e. The van der Waals surface area contributed by atoms with Crippen LogP contribution in [0.3, 0.4) is 0 Å². The van der Waals surface area contributed by atoms with Crippen LogP contribution in [0.4, 0.5) is 0 Å². The summed E-state index contributed by atoms with van der Waals surface area (Å²) in [6.45, 7) is 2.08. The van der Waals surface area contributed by atoms with Gasteiger partial charge in [-0.15, -0.1) is 10.2 Å². The van der Waals surface area contributed by atoms with Gasteiger partial charge in [0.15, 0.2) is 11.1 Å². The van der Waals surface area contributed by atoms with Crippen molar-refractivity contribution in [3.63, 3.8) is 0 Å². The number of rotatable bonds is 7. The van der Waals surface area contributed by atoms with E-state index < -0.39 is 5.88 Å². The average molecular weight is 484 g/mol. The smallest absolute Gasteiger partial charge is 0.270 e. The molecule has 182 valence electrons. The molecule has 1 atom stereocenters. The molecule has 0 aliphatic heterocycles. The highest BCUT2D eigenvalue weighted by atomic mass is 16.5. The summed E-state index contributed by atoms with van der Waals surface area (Å²) in [7, 11) is 0. The summed E-state index contributed by atoms with van der Waals surface area (Å²) in [5.74, 6) is 0.375. The summed E-state index contributed by atoms with van der Waals surface area (Å²) in [6.07, 6.45) is 4.30. The number of benzene rings is 2. The minimum absolute atomic E-state index is 0.0603. The zero-order valence-electron chi connectivity index (χ0n) is 19.8. The fraction of sp³-hybridized carbons (Fsp3) is 0.296.